The van der Waals surface area contributed by atoms with Gasteiger partial charge in [-0.05, 0) is 56.8 Å². The minimum Gasteiger partial charge on any atom is -0.497 e. The predicted molar refractivity (Wildman–Crippen MR) is 136 cm³/mol. The van der Waals surface area contributed by atoms with Crippen LogP contribution in [-0.2, 0) is 9.59 Å². The minimum absolute atomic E-state index is 0.0618. The number of hydrogen-bond donors (Lipinski definition) is 1. The molecule has 1 saturated carbocycles. The molecule has 4 rings (SSSR count). The van der Waals surface area contributed by atoms with Crippen molar-refractivity contribution in [2.75, 3.05) is 53.4 Å². The summed E-state index contributed by atoms with van der Waals surface area (Å²) in [6.45, 7) is 4.03. The maximum atomic E-state index is 13.5. The summed E-state index contributed by atoms with van der Waals surface area (Å²) in [6.07, 6.45) is 9.54. The van der Waals surface area contributed by atoms with Gasteiger partial charge in [-0.2, -0.15) is 0 Å². The van der Waals surface area contributed by atoms with Gasteiger partial charge in [0.15, 0.2) is 0 Å². The standard InChI is InChI=1S/C27H38N4O4/c1-29(14-15-30-12-6-7-13-30)25(32)19-31(18-20-8-4-3-5-9-20)27(34)26(33)23-17-28-24-16-21(35-2)10-11-22(23)24/h10-11,16-17,20,28H,3-9,12-15,18-19H2,1-2H3. The first-order chi connectivity index (χ1) is 17.0. The third-order valence-electron chi connectivity index (χ3n) is 7.52. The summed E-state index contributed by atoms with van der Waals surface area (Å²) in [4.78, 5) is 48.5. The first kappa shape index (κ1) is 25.2. The normalized spacial score (nSPS) is 17.0. The summed E-state index contributed by atoms with van der Waals surface area (Å²) in [7, 11) is 3.37. The Morgan fingerprint density at radius 2 is 1.83 bits per heavy atom. The third kappa shape index (κ3) is 6.23. The number of ether oxygens (including phenoxy) is 1. The van der Waals surface area contributed by atoms with Gasteiger partial charge in [0, 0.05) is 49.8 Å². The number of nitrogens with one attached hydrogen (secondary N) is 1. The fourth-order valence-corrected chi connectivity index (χ4v) is 5.29. The molecule has 1 saturated heterocycles. The summed E-state index contributed by atoms with van der Waals surface area (Å²) in [5.41, 5.74) is 1.06. The Balaban J connectivity index is 1.47. The van der Waals surface area contributed by atoms with Gasteiger partial charge < -0.3 is 24.4 Å². The van der Waals surface area contributed by atoms with Gasteiger partial charge in [-0.3, -0.25) is 14.4 Å². The van der Waals surface area contributed by atoms with Crippen LogP contribution in [0.2, 0.25) is 0 Å². The fourth-order valence-electron chi connectivity index (χ4n) is 5.29. The molecule has 1 aliphatic heterocycles. The highest BCUT2D eigenvalue weighted by molar-refractivity contribution is 6.45. The molecule has 0 radical (unpaired) electrons. The second-order valence-corrected chi connectivity index (χ2v) is 10.00. The fraction of sp³-hybridized carbons (Fsp3) is 0.593. The molecule has 0 unspecified atom stereocenters. The lowest BCUT2D eigenvalue weighted by atomic mass is 9.89. The van der Waals surface area contributed by atoms with Crippen LogP contribution >= 0.6 is 0 Å². The van der Waals surface area contributed by atoms with Gasteiger partial charge in [0.05, 0.1) is 12.7 Å². The van der Waals surface area contributed by atoms with Crippen LogP contribution in [0.25, 0.3) is 10.9 Å². The number of Topliss-reactive ketones (excluding diaryl/α,β-unsaturated/α-hetero) is 1. The molecular weight excluding hydrogens is 444 g/mol. The van der Waals surface area contributed by atoms with Crippen molar-refractivity contribution in [2.45, 2.75) is 44.9 Å². The predicted octanol–water partition coefficient (Wildman–Crippen LogP) is 3.32. The van der Waals surface area contributed by atoms with E-state index in [0.29, 0.717) is 35.7 Å². The maximum absolute atomic E-state index is 13.5. The highest BCUT2D eigenvalue weighted by Gasteiger charge is 2.30. The highest BCUT2D eigenvalue weighted by atomic mass is 16.5. The van der Waals surface area contributed by atoms with Crippen LogP contribution in [0.3, 0.4) is 0 Å². The zero-order valence-corrected chi connectivity index (χ0v) is 21.1. The minimum atomic E-state index is -0.603. The van der Waals surface area contributed by atoms with Crippen LogP contribution < -0.4 is 4.74 Å². The summed E-state index contributed by atoms with van der Waals surface area (Å²) < 4.78 is 5.26. The average molecular weight is 483 g/mol. The van der Waals surface area contributed by atoms with Crippen molar-refractivity contribution in [3.05, 3.63) is 30.0 Å². The summed E-state index contributed by atoms with van der Waals surface area (Å²) in [5.74, 6) is -0.301. The summed E-state index contributed by atoms with van der Waals surface area (Å²) >= 11 is 0. The molecule has 8 nitrogen and oxygen atoms in total. The van der Waals surface area contributed by atoms with Gasteiger partial charge in [-0.1, -0.05) is 19.3 Å². The van der Waals surface area contributed by atoms with Gasteiger partial charge in [-0.25, -0.2) is 0 Å². The second kappa shape index (κ2) is 11.7. The van der Waals surface area contributed by atoms with Crippen molar-refractivity contribution in [1.29, 1.82) is 0 Å². The number of rotatable bonds is 10. The number of carbonyl (C=O) groups is 3. The average Bonchev–Trinajstić information content (AvgIpc) is 3.56. The lowest BCUT2D eigenvalue weighted by molar-refractivity contribution is -0.138. The molecule has 190 valence electrons. The smallest absolute Gasteiger partial charge is 0.295 e. The molecule has 0 atom stereocenters. The van der Waals surface area contributed by atoms with E-state index in [4.69, 9.17) is 4.74 Å². The van der Waals surface area contributed by atoms with Crippen LogP contribution in [0, 0.1) is 5.92 Å². The first-order valence-corrected chi connectivity index (χ1v) is 12.9. The number of hydrogen-bond acceptors (Lipinski definition) is 5. The van der Waals surface area contributed by atoms with E-state index in [2.05, 4.69) is 9.88 Å². The molecule has 2 heterocycles. The number of methoxy groups -OCH3 is 1. The van der Waals surface area contributed by atoms with E-state index in [1.165, 1.54) is 24.2 Å². The van der Waals surface area contributed by atoms with E-state index in [1.54, 1.807) is 43.5 Å². The van der Waals surface area contributed by atoms with E-state index in [1.807, 2.05) is 0 Å². The number of fused-ring (bicyclic) bond motifs is 1. The van der Waals surface area contributed by atoms with Gasteiger partial charge in [0.1, 0.15) is 12.3 Å². The molecule has 1 aromatic heterocycles. The van der Waals surface area contributed by atoms with Crippen LogP contribution in [0.4, 0.5) is 0 Å². The molecule has 2 fully saturated rings. The van der Waals surface area contributed by atoms with Crippen molar-refractivity contribution < 1.29 is 19.1 Å². The van der Waals surface area contributed by atoms with E-state index in [-0.39, 0.29) is 12.5 Å². The van der Waals surface area contributed by atoms with Crippen LogP contribution in [0.5, 0.6) is 5.75 Å². The van der Waals surface area contributed by atoms with E-state index >= 15 is 0 Å². The lowest BCUT2D eigenvalue weighted by Crippen LogP contribution is -2.47. The van der Waals surface area contributed by atoms with Crippen molar-refractivity contribution in [3.8, 4) is 5.75 Å². The van der Waals surface area contributed by atoms with Crippen LogP contribution in [0.1, 0.15) is 55.3 Å². The van der Waals surface area contributed by atoms with Crippen molar-refractivity contribution >= 4 is 28.5 Å². The number of benzene rings is 1. The Morgan fingerprint density at radius 3 is 2.54 bits per heavy atom. The number of likely N-dealkylation sites (N-methyl/N-ethyl adjacent to an activating group) is 1. The number of aromatic nitrogens is 1. The number of H-pyrrole nitrogens is 1. The topological polar surface area (TPSA) is 85.9 Å². The van der Waals surface area contributed by atoms with Crippen molar-refractivity contribution in [1.82, 2.24) is 19.7 Å². The molecule has 35 heavy (non-hydrogen) atoms. The van der Waals surface area contributed by atoms with Crippen LogP contribution in [0.15, 0.2) is 24.4 Å². The number of nitrogens with zero attached hydrogens (tertiary/aromatic N) is 3. The molecular formula is C27H38N4O4. The quantitative estimate of drug-likeness (QED) is 0.415. The van der Waals surface area contributed by atoms with Gasteiger partial charge in [0.25, 0.3) is 11.7 Å². The van der Waals surface area contributed by atoms with Gasteiger partial charge in [0.2, 0.25) is 5.91 Å². The number of likely N-dealkylation sites (tertiary alicyclic amines) is 1. The summed E-state index contributed by atoms with van der Waals surface area (Å²) in [6, 6.07) is 5.36. The number of amides is 2. The second-order valence-electron chi connectivity index (χ2n) is 10.00. The van der Waals surface area contributed by atoms with E-state index in [9.17, 15) is 14.4 Å². The SMILES string of the molecule is COc1ccc2c(C(=O)C(=O)N(CC(=O)N(C)CCN3CCCC3)CC3CCCCC3)c[nH]c2c1. The zero-order chi connectivity index (χ0) is 24.8. The highest BCUT2D eigenvalue weighted by Crippen LogP contribution is 2.26. The molecule has 0 bridgehead atoms. The van der Waals surface area contributed by atoms with Crippen molar-refractivity contribution in [2.24, 2.45) is 5.92 Å². The Bertz CT molecular complexity index is 1040. The Morgan fingerprint density at radius 1 is 1.09 bits per heavy atom. The Hall–Kier alpha value is -2.87. The Labute approximate surface area is 207 Å². The molecule has 1 aliphatic carbocycles. The lowest BCUT2D eigenvalue weighted by Gasteiger charge is -2.30. The third-order valence-corrected chi connectivity index (χ3v) is 7.52. The molecule has 2 aliphatic rings. The largest absolute Gasteiger partial charge is 0.497 e. The number of carbonyl (C=O) groups excluding carboxylic acids is 3. The molecule has 2 aromatic rings. The number of ketones is 1. The van der Waals surface area contributed by atoms with E-state index in [0.717, 1.165) is 50.8 Å². The molecule has 2 amide bonds. The number of aromatic amines is 1. The Kier molecular flexibility index (Phi) is 8.44. The first-order valence-electron chi connectivity index (χ1n) is 12.9. The summed E-state index contributed by atoms with van der Waals surface area (Å²) in [5, 5.41) is 0.677. The van der Waals surface area contributed by atoms with Crippen LogP contribution in [-0.4, -0.2) is 90.7 Å². The van der Waals surface area contributed by atoms with Crippen molar-refractivity contribution in [3.63, 3.8) is 0 Å². The van der Waals surface area contributed by atoms with Gasteiger partial charge in [-0.15, -0.1) is 0 Å². The van der Waals surface area contributed by atoms with Gasteiger partial charge >= 0.3 is 0 Å². The zero-order valence-electron chi connectivity index (χ0n) is 21.1. The molecule has 1 aromatic carbocycles. The molecule has 0 spiro atoms. The maximum Gasteiger partial charge on any atom is 0.295 e. The monoisotopic (exact) mass is 482 g/mol. The molecule has 8 heteroatoms. The van der Waals surface area contributed by atoms with E-state index < -0.39 is 11.7 Å². The molecule has 1 N–H and O–H groups in total.